The number of anilines is 1. The van der Waals surface area contributed by atoms with Crippen molar-refractivity contribution in [3.05, 3.63) is 46.1 Å². The molecule has 1 aromatic carbocycles. The second-order valence-electron chi connectivity index (χ2n) is 3.72. The average molecular weight is 218 g/mol. The number of rotatable bonds is 2. The summed E-state index contributed by atoms with van der Waals surface area (Å²) < 4.78 is 0. The SMILES string of the molecule is Cc1ccc(Cc2nc(C)c(N)s2)cc1. The Morgan fingerprint density at radius 2 is 1.87 bits per heavy atom. The minimum Gasteiger partial charge on any atom is -0.389 e. The van der Waals surface area contributed by atoms with Crippen molar-refractivity contribution in [2.24, 2.45) is 0 Å². The van der Waals surface area contributed by atoms with E-state index in [0.29, 0.717) is 0 Å². The van der Waals surface area contributed by atoms with Crippen LogP contribution in [0.5, 0.6) is 0 Å². The molecule has 3 heteroatoms. The third-order valence-corrected chi connectivity index (χ3v) is 3.34. The molecule has 2 nitrogen and oxygen atoms in total. The lowest BCUT2D eigenvalue weighted by Crippen LogP contribution is -1.87. The van der Waals surface area contributed by atoms with Crippen molar-refractivity contribution in [1.82, 2.24) is 4.98 Å². The molecule has 0 fully saturated rings. The van der Waals surface area contributed by atoms with Crippen LogP contribution in [0.25, 0.3) is 0 Å². The van der Waals surface area contributed by atoms with Crippen molar-refractivity contribution in [3.63, 3.8) is 0 Å². The van der Waals surface area contributed by atoms with Crippen LogP contribution in [0.15, 0.2) is 24.3 Å². The van der Waals surface area contributed by atoms with E-state index in [2.05, 4.69) is 36.2 Å². The van der Waals surface area contributed by atoms with E-state index in [1.54, 1.807) is 11.3 Å². The molecule has 1 aromatic heterocycles. The minimum absolute atomic E-state index is 0.831. The van der Waals surface area contributed by atoms with Crippen LogP contribution in [0.1, 0.15) is 21.8 Å². The first-order valence-corrected chi connectivity index (χ1v) is 5.74. The van der Waals surface area contributed by atoms with Crippen molar-refractivity contribution < 1.29 is 0 Å². The second-order valence-corrected chi connectivity index (χ2v) is 4.83. The fourth-order valence-electron chi connectivity index (χ4n) is 1.42. The molecular formula is C12H14N2S. The Hall–Kier alpha value is -1.35. The number of benzene rings is 1. The first kappa shape index (κ1) is 10.2. The van der Waals surface area contributed by atoms with Crippen LogP contribution in [0.3, 0.4) is 0 Å². The Morgan fingerprint density at radius 3 is 2.40 bits per heavy atom. The van der Waals surface area contributed by atoms with Gasteiger partial charge in [-0.15, -0.1) is 11.3 Å². The van der Waals surface area contributed by atoms with E-state index in [1.165, 1.54) is 11.1 Å². The van der Waals surface area contributed by atoms with Crippen molar-refractivity contribution in [2.45, 2.75) is 20.3 Å². The zero-order chi connectivity index (χ0) is 10.8. The molecule has 2 aromatic rings. The smallest absolute Gasteiger partial charge is 0.109 e. The lowest BCUT2D eigenvalue weighted by Gasteiger charge is -1.98. The first-order valence-electron chi connectivity index (χ1n) is 4.92. The standard InChI is InChI=1S/C12H14N2S/c1-8-3-5-10(6-4-8)7-11-14-9(2)12(13)15-11/h3-6H,7,13H2,1-2H3. The molecule has 0 amide bonds. The van der Waals surface area contributed by atoms with E-state index in [9.17, 15) is 0 Å². The summed E-state index contributed by atoms with van der Waals surface area (Å²) in [6.07, 6.45) is 0.878. The Kier molecular flexibility index (Phi) is 2.73. The lowest BCUT2D eigenvalue weighted by atomic mass is 10.1. The van der Waals surface area contributed by atoms with Crippen LogP contribution in [0.4, 0.5) is 5.00 Å². The zero-order valence-electron chi connectivity index (χ0n) is 8.95. The molecule has 0 saturated carbocycles. The van der Waals surface area contributed by atoms with E-state index >= 15 is 0 Å². The molecule has 0 spiro atoms. The fourth-order valence-corrected chi connectivity index (χ4v) is 2.29. The van der Waals surface area contributed by atoms with Crippen LogP contribution in [-0.2, 0) is 6.42 Å². The van der Waals surface area contributed by atoms with Crippen molar-refractivity contribution in [2.75, 3.05) is 5.73 Å². The highest BCUT2D eigenvalue weighted by Gasteiger charge is 2.04. The largest absolute Gasteiger partial charge is 0.389 e. The number of aryl methyl sites for hydroxylation is 2. The molecule has 2 N–H and O–H groups in total. The molecule has 0 radical (unpaired) electrons. The number of nitrogens with zero attached hydrogens (tertiary/aromatic N) is 1. The lowest BCUT2D eigenvalue weighted by molar-refractivity contribution is 1.10. The van der Waals surface area contributed by atoms with Crippen LogP contribution in [0, 0.1) is 13.8 Å². The van der Waals surface area contributed by atoms with Gasteiger partial charge in [0, 0.05) is 6.42 Å². The van der Waals surface area contributed by atoms with Crippen LogP contribution in [-0.4, -0.2) is 4.98 Å². The topological polar surface area (TPSA) is 38.9 Å². The van der Waals surface area contributed by atoms with Crippen molar-refractivity contribution in [1.29, 1.82) is 0 Å². The van der Waals surface area contributed by atoms with E-state index in [4.69, 9.17) is 5.73 Å². The Morgan fingerprint density at radius 1 is 1.20 bits per heavy atom. The van der Waals surface area contributed by atoms with Crippen LogP contribution >= 0.6 is 11.3 Å². The molecule has 0 aliphatic carbocycles. The van der Waals surface area contributed by atoms with Gasteiger partial charge < -0.3 is 5.73 Å². The third kappa shape index (κ3) is 2.36. The van der Waals surface area contributed by atoms with Gasteiger partial charge in [-0.3, -0.25) is 0 Å². The summed E-state index contributed by atoms with van der Waals surface area (Å²) in [7, 11) is 0. The maximum Gasteiger partial charge on any atom is 0.109 e. The Labute approximate surface area is 93.8 Å². The van der Waals surface area contributed by atoms with Gasteiger partial charge in [-0.25, -0.2) is 4.98 Å². The minimum atomic E-state index is 0.831. The Bertz CT molecular complexity index is 437. The van der Waals surface area contributed by atoms with E-state index in [0.717, 1.165) is 22.1 Å². The highest BCUT2D eigenvalue weighted by atomic mass is 32.1. The van der Waals surface area contributed by atoms with Crippen LogP contribution in [0.2, 0.25) is 0 Å². The fraction of sp³-hybridized carbons (Fsp3) is 0.250. The predicted octanol–water partition coefficient (Wildman–Crippen LogP) is 2.93. The number of nitrogen functional groups attached to an aromatic ring is 1. The zero-order valence-corrected chi connectivity index (χ0v) is 9.77. The molecule has 0 saturated heterocycles. The number of aromatic nitrogens is 1. The Balaban J connectivity index is 2.18. The van der Waals surface area contributed by atoms with Gasteiger partial charge in [0.15, 0.2) is 0 Å². The molecular weight excluding hydrogens is 204 g/mol. The molecule has 78 valence electrons. The van der Waals surface area contributed by atoms with Crippen molar-refractivity contribution in [3.8, 4) is 0 Å². The molecule has 0 aliphatic rings. The normalized spacial score (nSPS) is 10.5. The summed E-state index contributed by atoms with van der Waals surface area (Å²) in [6, 6.07) is 8.53. The average Bonchev–Trinajstić information content (AvgIpc) is 2.50. The summed E-state index contributed by atoms with van der Waals surface area (Å²) in [5.41, 5.74) is 9.29. The molecule has 1 heterocycles. The highest BCUT2D eigenvalue weighted by Crippen LogP contribution is 2.22. The van der Waals surface area contributed by atoms with Crippen molar-refractivity contribution >= 4 is 16.3 Å². The number of hydrogen-bond acceptors (Lipinski definition) is 3. The molecule has 0 aliphatic heterocycles. The predicted molar refractivity (Wildman–Crippen MR) is 65.2 cm³/mol. The van der Waals surface area contributed by atoms with Gasteiger partial charge in [0.05, 0.1) is 10.7 Å². The number of nitrogens with two attached hydrogens (primary N) is 1. The van der Waals surface area contributed by atoms with Gasteiger partial charge in [0.25, 0.3) is 0 Å². The molecule has 0 unspecified atom stereocenters. The van der Waals surface area contributed by atoms with Crippen LogP contribution < -0.4 is 5.73 Å². The third-order valence-electron chi connectivity index (χ3n) is 2.35. The summed E-state index contributed by atoms with van der Waals surface area (Å²) >= 11 is 1.58. The van der Waals surface area contributed by atoms with Gasteiger partial charge in [0.1, 0.15) is 5.00 Å². The van der Waals surface area contributed by atoms with E-state index < -0.39 is 0 Å². The van der Waals surface area contributed by atoms with E-state index in [1.807, 2.05) is 6.92 Å². The molecule has 15 heavy (non-hydrogen) atoms. The molecule has 2 rings (SSSR count). The second kappa shape index (κ2) is 4.03. The highest BCUT2D eigenvalue weighted by molar-refractivity contribution is 7.15. The molecule has 0 atom stereocenters. The maximum atomic E-state index is 5.77. The summed E-state index contributed by atoms with van der Waals surface area (Å²) in [5, 5.41) is 1.92. The van der Waals surface area contributed by atoms with Gasteiger partial charge >= 0.3 is 0 Å². The van der Waals surface area contributed by atoms with Gasteiger partial charge in [-0.2, -0.15) is 0 Å². The summed E-state index contributed by atoms with van der Waals surface area (Å²) in [6.45, 7) is 4.04. The number of hydrogen-bond donors (Lipinski definition) is 1. The molecule has 0 bridgehead atoms. The van der Waals surface area contributed by atoms with Gasteiger partial charge in [0.2, 0.25) is 0 Å². The number of thiazole rings is 1. The maximum absolute atomic E-state index is 5.77. The first-order chi connectivity index (χ1) is 7.15. The quantitative estimate of drug-likeness (QED) is 0.841. The monoisotopic (exact) mass is 218 g/mol. The summed E-state index contributed by atoms with van der Waals surface area (Å²) in [4.78, 5) is 4.42. The van der Waals surface area contributed by atoms with E-state index in [-0.39, 0.29) is 0 Å². The summed E-state index contributed by atoms with van der Waals surface area (Å²) in [5.74, 6) is 0. The van der Waals surface area contributed by atoms with Gasteiger partial charge in [-0.1, -0.05) is 29.8 Å². The van der Waals surface area contributed by atoms with Gasteiger partial charge in [-0.05, 0) is 19.4 Å².